The van der Waals surface area contributed by atoms with Crippen molar-refractivity contribution in [3.63, 3.8) is 0 Å². The van der Waals surface area contributed by atoms with Crippen molar-refractivity contribution in [3.8, 4) is 0 Å². The van der Waals surface area contributed by atoms with E-state index in [4.69, 9.17) is 10.2 Å². The van der Waals surface area contributed by atoms with Gasteiger partial charge in [0.1, 0.15) is 5.52 Å². The van der Waals surface area contributed by atoms with E-state index in [-0.39, 0.29) is 0 Å². The molecule has 78 valence electrons. The van der Waals surface area contributed by atoms with Crippen LogP contribution in [0.5, 0.6) is 0 Å². The third kappa shape index (κ3) is 2.10. The molecule has 4 nitrogen and oxygen atoms in total. The summed E-state index contributed by atoms with van der Waals surface area (Å²) in [5.74, 6) is 0.587. The van der Waals surface area contributed by atoms with Crippen LogP contribution < -0.4 is 5.73 Å². The van der Waals surface area contributed by atoms with Crippen LogP contribution in [-0.2, 0) is 0 Å². The standard InChI is InChI=1S/C11H13N3O/c1-14(2)6-5-11-13-9-7-8(12)3-4-10(9)15-11/h3-7H,12H2,1-2H3/b6-5+. The van der Waals surface area contributed by atoms with Crippen molar-refractivity contribution in [1.29, 1.82) is 0 Å². The molecule has 2 rings (SSSR count). The van der Waals surface area contributed by atoms with Gasteiger partial charge in [-0.25, -0.2) is 4.98 Å². The monoisotopic (exact) mass is 203 g/mol. The van der Waals surface area contributed by atoms with Gasteiger partial charge in [-0.05, 0) is 18.2 Å². The predicted molar refractivity (Wildman–Crippen MR) is 61.1 cm³/mol. The zero-order chi connectivity index (χ0) is 10.8. The third-order valence-electron chi connectivity index (χ3n) is 1.94. The van der Waals surface area contributed by atoms with E-state index in [1.54, 1.807) is 12.1 Å². The van der Waals surface area contributed by atoms with Gasteiger partial charge in [-0.15, -0.1) is 0 Å². The summed E-state index contributed by atoms with van der Waals surface area (Å²) in [5.41, 5.74) is 7.88. The zero-order valence-corrected chi connectivity index (χ0v) is 8.77. The summed E-state index contributed by atoms with van der Waals surface area (Å²) in [6.45, 7) is 0. The van der Waals surface area contributed by atoms with Crippen LogP contribution in [0.4, 0.5) is 5.69 Å². The van der Waals surface area contributed by atoms with Crippen molar-refractivity contribution in [2.24, 2.45) is 0 Å². The first-order chi connectivity index (χ1) is 7.15. The topological polar surface area (TPSA) is 55.3 Å². The van der Waals surface area contributed by atoms with Crippen LogP contribution in [0.15, 0.2) is 28.8 Å². The molecule has 0 saturated carbocycles. The molecule has 0 bridgehead atoms. The first-order valence-corrected chi connectivity index (χ1v) is 4.66. The number of nitrogens with zero attached hydrogens (tertiary/aromatic N) is 2. The molecule has 1 aromatic heterocycles. The average Bonchev–Trinajstić information content (AvgIpc) is 2.56. The molecule has 0 spiro atoms. The molecule has 0 aliphatic rings. The van der Waals surface area contributed by atoms with Gasteiger partial charge in [-0.3, -0.25) is 0 Å². The number of fused-ring (bicyclic) bond motifs is 1. The van der Waals surface area contributed by atoms with Crippen LogP contribution in [-0.4, -0.2) is 24.0 Å². The van der Waals surface area contributed by atoms with E-state index in [1.165, 1.54) is 0 Å². The lowest BCUT2D eigenvalue weighted by Gasteiger charge is -2.00. The molecular formula is C11H13N3O. The Morgan fingerprint density at radius 2 is 2.20 bits per heavy atom. The maximum absolute atomic E-state index is 5.65. The SMILES string of the molecule is CN(C)/C=C/c1nc2cc(N)ccc2o1. The lowest BCUT2D eigenvalue weighted by atomic mass is 10.3. The summed E-state index contributed by atoms with van der Waals surface area (Å²) in [6.07, 6.45) is 3.70. The van der Waals surface area contributed by atoms with Crippen molar-refractivity contribution in [2.45, 2.75) is 0 Å². The lowest BCUT2D eigenvalue weighted by molar-refractivity contribution is 0.558. The number of benzene rings is 1. The summed E-state index contributed by atoms with van der Waals surface area (Å²) in [5, 5.41) is 0. The van der Waals surface area contributed by atoms with Crippen LogP contribution in [0.2, 0.25) is 0 Å². The predicted octanol–water partition coefficient (Wildman–Crippen LogP) is 1.94. The first-order valence-electron chi connectivity index (χ1n) is 4.66. The van der Waals surface area contributed by atoms with E-state index in [0.717, 1.165) is 11.1 Å². The van der Waals surface area contributed by atoms with Crippen LogP contribution in [0.25, 0.3) is 17.2 Å². The summed E-state index contributed by atoms with van der Waals surface area (Å²) in [6, 6.07) is 5.42. The van der Waals surface area contributed by atoms with Gasteiger partial charge in [-0.2, -0.15) is 0 Å². The van der Waals surface area contributed by atoms with E-state index in [2.05, 4.69) is 4.98 Å². The second-order valence-corrected chi connectivity index (χ2v) is 3.56. The molecular weight excluding hydrogens is 190 g/mol. The van der Waals surface area contributed by atoms with Crippen molar-refractivity contribution in [3.05, 3.63) is 30.3 Å². The maximum atomic E-state index is 5.65. The molecule has 4 heteroatoms. The fourth-order valence-electron chi connectivity index (χ4n) is 1.25. The van der Waals surface area contributed by atoms with Crippen LogP contribution in [0.3, 0.4) is 0 Å². The number of nitrogen functional groups attached to an aromatic ring is 1. The maximum Gasteiger partial charge on any atom is 0.221 e. The highest BCUT2D eigenvalue weighted by Crippen LogP contribution is 2.18. The Morgan fingerprint density at radius 1 is 1.40 bits per heavy atom. The van der Waals surface area contributed by atoms with E-state index < -0.39 is 0 Å². The van der Waals surface area contributed by atoms with Crippen LogP contribution in [0.1, 0.15) is 5.89 Å². The highest BCUT2D eigenvalue weighted by molar-refractivity contribution is 5.77. The van der Waals surface area contributed by atoms with Gasteiger partial charge in [0.2, 0.25) is 5.89 Å². The molecule has 0 aliphatic heterocycles. The van der Waals surface area contributed by atoms with E-state index >= 15 is 0 Å². The molecule has 0 saturated heterocycles. The molecule has 2 N–H and O–H groups in total. The number of anilines is 1. The summed E-state index contributed by atoms with van der Waals surface area (Å²) < 4.78 is 5.49. The largest absolute Gasteiger partial charge is 0.437 e. The minimum absolute atomic E-state index is 0.587. The van der Waals surface area contributed by atoms with Gasteiger partial charge < -0.3 is 15.1 Å². The molecule has 0 radical (unpaired) electrons. The summed E-state index contributed by atoms with van der Waals surface area (Å²) >= 11 is 0. The molecule has 1 aromatic carbocycles. The quantitative estimate of drug-likeness (QED) is 0.758. The molecule has 15 heavy (non-hydrogen) atoms. The van der Waals surface area contributed by atoms with Gasteiger partial charge in [-0.1, -0.05) is 0 Å². The van der Waals surface area contributed by atoms with Crippen molar-refractivity contribution < 1.29 is 4.42 Å². The van der Waals surface area contributed by atoms with Crippen molar-refractivity contribution in [2.75, 3.05) is 19.8 Å². The second-order valence-electron chi connectivity index (χ2n) is 3.56. The Hall–Kier alpha value is -1.97. The number of aromatic nitrogens is 1. The fraction of sp³-hybridized carbons (Fsp3) is 0.182. The fourth-order valence-corrected chi connectivity index (χ4v) is 1.25. The van der Waals surface area contributed by atoms with E-state index in [9.17, 15) is 0 Å². The van der Waals surface area contributed by atoms with Crippen molar-refractivity contribution >= 4 is 22.9 Å². The molecule has 1 heterocycles. The van der Waals surface area contributed by atoms with Crippen LogP contribution >= 0.6 is 0 Å². The smallest absolute Gasteiger partial charge is 0.221 e. The summed E-state index contributed by atoms with van der Waals surface area (Å²) in [4.78, 5) is 6.21. The lowest BCUT2D eigenvalue weighted by Crippen LogP contribution is -1.99. The third-order valence-corrected chi connectivity index (χ3v) is 1.94. The Morgan fingerprint density at radius 3 is 2.93 bits per heavy atom. The number of nitrogens with two attached hydrogens (primary N) is 1. The molecule has 0 amide bonds. The van der Waals surface area contributed by atoms with Gasteiger partial charge in [0.05, 0.1) is 0 Å². The number of hydrogen-bond donors (Lipinski definition) is 1. The van der Waals surface area contributed by atoms with Crippen molar-refractivity contribution in [1.82, 2.24) is 9.88 Å². The molecule has 2 aromatic rings. The Kier molecular flexibility index (Phi) is 2.33. The number of oxazole rings is 1. The van der Waals surface area contributed by atoms with Crippen LogP contribution in [0, 0.1) is 0 Å². The minimum atomic E-state index is 0.587. The van der Waals surface area contributed by atoms with Gasteiger partial charge in [0.15, 0.2) is 5.58 Å². The summed E-state index contributed by atoms with van der Waals surface area (Å²) in [7, 11) is 3.88. The van der Waals surface area contributed by atoms with E-state index in [0.29, 0.717) is 11.6 Å². The van der Waals surface area contributed by atoms with Gasteiger partial charge in [0, 0.05) is 32.1 Å². The second kappa shape index (κ2) is 3.65. The normalized spacial score (nSPS) is 11.3. The molecule has 0 atom stereocenters. The molecule has 0 unspecified atom stereocenters. The number of hydrogen-bond acceptors (Lipinski definition) is 4. The van der Waals surface area contributed by atoms with Gasteiger partial charge in [0.25, 0.3) is 0 Å². The molecule has 0 aliphatic carbocycles. The highest BCUT2D eigenvalue weighted by atomic mass is 16.3. The minimum Gasteiger partial charge on any atom is -0.437 e. The van der Waals surface area contributed by atoms with E-state index in [1.807, 2.05) is 37.3 Å². The number of rotatable bonds is 2. The zero-order valence-electron chi connectivity index (χ0n) is 8.77. The Bertz CT molecular complexity index is 500. The first kappa shape index (κ1) is 9.58. The molecule has 0 fully saturated rings. The van der Waals surface area contributed by atoms with Gasteiger partial charge >= 0.3 is 0 Å². The Labute approximate surface area is 88.0 Å². The average molecular weight is 203 g/mol. The Balaban J connectivity index is 2.39. The highest BCUT2D eigenvalue weighted by Gasteiger charge is 2.02.